The van der Waals surface area contributed by atoms with Crippen LogP contribution in [0.2, 0.25) is 0 Å². The fourth-order valence-electron chi connectivity index (χ4n) is 3.20. The summed E-state index contributed by atoms with van der Waals surface area (Å²) in [5, 5.41) is 3.15. The van der Waals surface area contributed by atoms with Crippen LogP contribution in [0, 0.1) is 5.92 Å². The molecule has 8 heteroatoms. The number of esters is 1. The van der Waals surface area contributed by atoms with Gasteiger partial charge >= 0.3 is 5.97 Å². The minimum Gasteiger partial charge on any atom is -0.466 e. The molecule has 0 bridgehead atoms. The second kappa shape index (κ2) is 9.84. The van der Waals surface area contributed by atoms with Crippen molar-refractivity contribution in [1.82, 2.24) is 15.1 Å². The summed E-state index contributed by atoms with van der Waals surface area (Å²) in [4.78, 5) is 39.7. The Labute approximate surface area is 149 Å². The maximum absolute atomic E-state index is 12.4. The molecule has 7 nitrogen and oxygen atoms in total. The van der Waals surface area contributed by atoms with E-state index in [0.717, 1.165) is 32.2 Å². The van der Waals surface area contributed by atoms with E-state index in [9.17, 15) is 14.4 Å². The number of amides is 2. The lowest BCUT2D eigenvalue weighted by Gasteiger charge is -2.33. The van der Waals surface area contributed by atoms with Gasteiger partial charge in [0.1, 0.15) is 0 Å². The topological polar surface area (TPSA) is 79.0 Å². The Morgan fingerprint density at radius 1 is 1.25 bits per heavy atom. The van der Waals surface area contributed by atoms with E-state index in [1.807, 2.05) is 0 Å². The van der Waals surface area contributed by atoms with Crippen molar-refractivity contribution in [3.63, 3.8) is 0 Å². The molecule has 2 heterocycles. The summed E-state index contributed by atoms with van der Waals surface area (Å²) >= 11 is 0. The van der Waals surface area contributed by atoms with Gasteiger partial charge in [0.2, 0.25) is 11.8 Å². The SMILES string of the molecule is CCOC(=O)C1CCCN(C(=O)CN(C)C(=O)C2CCCN2)C1.Cl. The molecule has 2 amide bonds. The lowest BCUT2D eigenvalue weighted by molar-refractivity contribution is -0.152. The summed E-state index contributed by atoms with van der Waals surface area (Å²) in [7, 11) is 1.66. The number of piperidine rings is 1. The predicted octanol–water partition coefficient (Wildman–Crippen LogP) is 0.420. The van der Waals surface area contributed by atoms with E-state index in [1.165, 1.54) is 4.90 Å². The highest BCUT2D eigenvalue weighted by molar-refractivity contribution is 5.88. The first-order valence-electron chi connectivity index (χ1n) is 8.45. The van der Waals surface area contributed by atoms with Crippen LogP contribution in [0.4, 0.5) is 0 Å². The molecule has 0 aromatic rings. The molecular weight excluding hydrogens is 334 g/mol. The molecule has 2 fully saturated rings. The Morgan fingerprint density at radius 2 is 2.00 bits per heavy atom. The Kier molecular flexibility index (Phi) is 8.48. The number of ether oxygens (including phenoxy) is 1. The lowest BCUT2D eigenvalue weighted by atomic mass is 9.98. The van der Waals surface area contributed by atoms with Gasteiger partial charge < -0.3 is 19.9 Å². The minimum absolute atomic E-state index is 0. The van der Waals surface area contributed by atoms with Gasteiger partial charge in [0, 0.05) is 20.1 Å². The normalized spacial score (nSPS) is 23.3. The zero-order valence-corrected chi connectivity index (χ0v) is 15.3. The smallest absolute Gasteiger partial charge is 0.310 e. The molecule has 2 rings (SSSR count). The van der Waals surface area contributed by atoms with Crippen LogP contribution in [-0.2, 0) is 19.1 Å². The second-order valence-electron chi connectivity index (χ2n) is 6.27. The van der Waals surface area contributed by atoms with Crippen LogP contribution in [-0.4, -0.2) is 73.5 Å². The maximum Gasteiger partial charge on any atom is 0.310 e. The molecule has 24 heavy (non-hydrogen) atoms. The Hall–Kier alpha value is -1.34. The van der Waals surface area contributed by atoms with Crippen molar-refractivity contribution < 1.29 is 19.1 Å². The van der Waals surface area contributed by atoms with Crippen molar-refractivity contribution in [3.05, 3.63) is 0 Å². The fraction of sp³-hybridized carbons (Fsp3) is 0.812. The number of nitrogens with zero attached hydrogens (tertiary/aromatic N) is 2. The summed E-state index contributed by atoms with van der Waals surface area (Å²) in [6.45, 7) is 4.08. The first-order chi connectivity index (χ1) is 11.0. The van der Waals surface area contributed by atoms with Gasteiger partial charge in [0.05, 0.1) is 25.1 Å². The van der Waals surface area contributed by atoms with Gasteiger partial charge in [-0.25, -0.2) is 0 Å². The monoisotopic (exact) mass is 361 g/mol. The van der Waals surface area contributed by atoms with Gasteiger partial charge in [-0.05, 0) is 39.2 Å². The number of likely N-dealkylation sites (tertiary alicyclic amines) is 1. The van der Waals surface area contributed by atoms with Gasteiger partial charge in [0.15, 0.2) is 0 Å². The third-order valence-corrected chi connectivity index (χ3v) is 4.50. The van der Waals surface area contributed by atoms with Gasteiger partial charge in [-0.3, -0.25) is 14.4 Å². The van der Waals surface area contributed by atoms with E-state index >= 15 is 0 Å². The van der Waals surface area contributed by atoms with Crippen molar-refractivity contribution in [3.8, 4) is 0 Å². The van der Waals surface area contributed by atoms with Crippen molar-refractivity contribution >= 4 is 30.2 Å². The summed E-state index contributed by atoms with van der Waals surface area (Å²) in [6.07, 6.45) is 3.36. The summed E-state index contributed by atoms with van der Waals surface area (Å²) in [5.74, 6) is -0.614. The Bertz CT molecular complexity index is 455. The van der Waals surface area contributed by atoms with Crippen molar-refractivity contribution in [2.45, 2.75) is 38.6 Å². The highest BCUT2D eigenvalue weighted by Gasteiger charge is 2.31. The van der Waals surface area contributed by atoms with Gasteiger partial charge in [0.25, 0.3) is 0 Å². The standard InChI is InChI=1S/C16H27N3O4.ClH/c1-3-23-16(22)12-6-5-9-19(10-12)14(20)11-18(2)15(21)13-7-4-8-17-13;/h12-13,17H,3-11H2,1-2H3;1H. The number of rotatable bonds is 5. The fourth-order valence-corrected chi connectivity index (χ4v) is 3.20. The van der Waals surface area contributed by atoms with Crippen LogP contribution in [0.3, 0.4) is 0 Å². The Balaban J connectivity index is 0.00000288. The first kappa shape index (κ1) is 20.7. The number of hydrogen-bond donors (Lipinski definition) is 1. The van der Waals surface area contributed by atoms with E-state index < -0.39 is 0 Å². The average molecular weight is 362 g/mol. The number of nitrogens with one attached hydrogen (secondary N) is 1. The summed E-state index contributed by atoms with van der Waals surface area (Å²) in [6, 6.07) is -0.165. The molecule has 0 aliphatic carbocycles. The number of halogens is 1. The molecular formula is C16H28ClN3O4. The molecule has 0 aromatic heterocycles. The van der Waals surface area contributed by atoms with Crippen LogP contribution < -0.4 is 5.32 Å². The highest BCUT2D eigenvalue weighted by Crippen LogP contribution is 2.18. The van der Waals surface area contributed by atoms with Crippen LogP contribution >= 0.6 is 12.4 Å². The highest BCUT2D eigenvalue weighted by atomic mass is 35.5. The molecule has 0 radical (unpaired) electrons. The van der Waals surface area contributed by atoms with Crippen LogP contribution in [0.25, 0.3) is 0 Å². The largest absolute Gasteiger partial charge is 0.466 e. The van der Waals surface area contributed by atoms with E-state index in [-0.39, 0.29) is 48.7 Å². The van der Waals surface area contributed by atoms with Gasteiger partial charge in [-0.2, -0.15) is 0 Å². The third-order valence-electron chi connectivity index (χ3n) is 4.50. The number of likely N-dealkylation sites (N-methyl/N-ethyl adjacent to an activating group) is 1. The van der Waals surface area contributed by atoms with Crippen LogP contribution in [0.1, 0.15) is 32.6 Å². The maximum atomic E-state index is 12.4. The molecule has 0 saturated carbocycles. The van der Waals surface area contributed by atoms with Crippen molar-refractivity contribution in [1.29, 1.82) is 0 Å². The molecule has 1 N–H and O–H groups in total. The molecule has 2 unspecified atom stereocenters. The van der Waals surface area contributed by atoms with E-state index in [0.29, 0.717) is 19.7 Å². The summed E-state index contributed by atoms with van der Waals surface area (Å²) in [5.41, 5.74) is 0. The van der Waals surface area contributed by atoms with E-state index in [2.05, 4.69) is 5.32 Å². The van der Waals surface area contributed by atoms with Gasteiger partial charge in [-0.1, -0.05) is 0 Å². The van der Waals surface area contributed by atoms with Crippen molar-refractivity contribution in [2.24, 2.45) is 5.92 Å². The molecule has 2 saturated heterocycles. The molecule has 2 aliphatic rings. The quantitative estimate of drug-likeness (QED) is 0.718. The summed E-state index contributed by atoms with van der Waals surface area (Å²) < 4.78 is 5.05. The third kappa shape index (κ3) is 5.34. The molecule has 138 valence electrons. The van der Waals surface area contributed by atoms with E-state index in [1.54, 1.807) is 18.9 Å². The van der Waals surface area contributed by atoms with E-state index in [4.69, 9.17) is 4.74 Å². The zero-order valence-electron chi connectivity index (χ0n) is 14.5. The number of carbonyl (C=O) groups excluding carboxylic acids is 3. The zero-order chi connectivity index (χ0) is 16.8. The minimum atomic E-state index is -0.245. The van der Waals surface area contributed by atoms with Gasteiger partial charge in [-0.15, -0.1) is 12.4 Å². The lowest BCUT2D eigenvalue weighted by Crippen LogP contribution is -2.49. The van der Waals surface area contributed by atoms with Crippen molar-refractivity contribution in [2.75, 3.05) is 39.8 Å². The first-order valence-corrected chi connectivity index (χ1v) is 8.45. The van der Waals surface area contributed by atoms with Crippen LogP contribution in [0.5, 0.6) is 0 Å². The average Bonchev–Trinajstić information content (AvgIpc) is 3.08. The molecule has 0 aromatic carbocycles. The predicted molar refractivity (Wildman–Crippen MR) is 91.8 cm³/mol. The molecule has 2 aliphatic heterocycles. The van der Waals surface area contributed by atoms with Crippen LogP contribution in [0.15, 0.2) is 0 Å². The Morgan fingerprint density at radius 3 is 2.62 bits per heavy atom. The molecule has 0 spiro atoms. The number of hydrogen-bond acceptors (Lipinski definition) is 5. The number of carbonyl (C=O) groups is 3. The molecule has 2 atom stereocenters. The second-order valence-corrected chi connectivity index (χ2v) is 6.27.